The molecule has 0 saturated carbocycles. The Morgan fingerprint density at radius 2 is 1.41 bits per heavy atom. The molecule has 10 unspecified atom stereocenters. The number of hydrogen-bond donors (Lipinski definition) is 7. The van der Waals surface area contributed by atoms with E-state index in [9.17, 15) is 35.4 Å². The van der Waals surface area contributed by atoms with E-state index in [4.69, 9.17) is 18.9 Å². The summed E-state index contributed by atoms with van der Waals surface area (Å²) in [5.74, 6) is -0.459. The zero-order valence-corrected chi connectivity index (χ0v) is 19.9. The fourth-order valence-corrected chi connectivity index (χ4v) is 4.18. The van der Waals surface area contributed by atoms with Crippen LogP contribution in [0.4, 0.5) is 0 Å². The van der Waals surface area contributed by atoms with Crippen molar-refractivity contribution in [3.63, 3.8) is 0 Å². The van der Waals surface area contributed by atoms with E-state index in [0.717, 1.165) is 32.1 Å². The van der Waals surface area contributed by atoms with Crippen molar-refractivity contribution < 1.29 is 54.4 Å². The van der Waals surface area contributed by atoms with Gasteiger partial charge in [-0.3, -0.25) is 4.79 Å². The molecule has 12 nitrogen and oxygen atoms in total. The van der Waals surface area contributed by atoms with Crippen LogP contribution in [0, 0.1) is 0 Å². The van der Waals surface area contributed by atoms with E-state index in [1.165, 1.54) is 13.3 Å². The maximum Gasteiger partial charge on any atom is 0.217 e. The Morgan fingerprint density at radius 1 is 0.824 bits per heavy atom. The molecule has 0 spiro atoms. The molecule has 0 radical (unpaired) electrons. The van der Waals surface area contributed by atoms with Crippen LogP contribution >= 0.6 is 0 Å². The number of unbranched alkanes of at least 4 members (excludes halogenated alkanes) is 5. The van der Waals surface area contributed by atoms with Crippen LogP contribution in [0.3, 0.4) is 0 Å². The first-order chi connectivity index (χ1) is 16.2. The second-order valence-electron chi connectivity index (χ2n) is 8.88. The minimum Gasteiger partial charge on any atom is -0.394 e. The molecule has 2 fully saturated rings. The molecule has 2 aliphatic heterocycles. The Kier molecular flexibility index (Phi) is 12.6. The summed E-state index contributed by atoms with van der Waals surface area (Å²) in [5, 5.41) is 62.9. The highest BCUT2D eigenvalue weighted by Gasteiger charge is 2.51. The summed E-state index contributed by atoms with van der Waals surface area (Å²) in [4.78, 5) is 11.9. The summed E-state index contributed by atoms with van der Waals surface area (Å²) in [6.07, 6.45) is -6.43. The quantitative estimate of drug-likeness (QED) is 0.142. The number of aliphatic hydroxyl groups is 6. The van der Waals surface area contributed by atoms with Gasteiger partial charge in [0, 0.05) is 13.5 Å². The molecule has 2 heterocycles. The van der Waals surface area contributed by atoms with Gasteiger partial charge >= 0.3 is 0 Å². The number of ether oxygens (including phenoxy) is 4. The van der Waals surface area contributed by atoms with Crippen LogP contribution in [-0.2, 0) is 23.7 Å². The van der Waals surface area contributed by atoms with E-state index in [2.05, 4.69) is 12.2 Å². The first-order valence-electron chi connectivity index (χ1n) is 12.0. The lowest BCUT2D eigenvalue weighted by Gasteiger charge is -2.47. The second kappa shape index (κ2) is 14.6. The van der Waals surface area contributed by atoms with E-state index in [0.29, 0.717) is 6.61 Å². The SMILES string of the molecule is CCCCCCCCOC1OC(CO)C(O)C(OC2OC(CO)C(O)C(O)C2O)C1NC(C)=O. The summed E-state index contributed by atoms with van der Waals surface area (Å²) in [6, 6.07) is -1.04. The highest BCUT2D eigenvalue weighted by Crippen LogP contribution is 2.29. The van der Waals surface area contributed by atoms with Crippen molar-refractivity contribution in [2.24, 2.45) is 0 Å². The second-order valence-corrected chi connectivity index (χ2v) is 8.88. The minimum atomic E-state index is -1.71. The normalized spacial score (nSPS) is 38.6. The average molecular weight is 496 g/mol. The van der Waals surface area contributed by atoms with Gasteiger partial charge in [-0.1, -0.05) is 39.0 Å². The molecule has 1 amide bonds. The van der Waals surface area contributed by atoms with Gasteiger partial charge in [0.1, 0.15) is 48.8 Å². The number of hydrogen-bond acceptors (Lipinski definition) is 11. The van der Waals surface area contributed by atoms with Gasteiger partial charge in [0.25, 0.3) is 0 Å². The van der Waals surface area contributed by atoms with Crippen LogP contribution < -0.4 is 5.32 Å². The first-order valence-corrected chi connectivity index (χ1v) is 12.0. The smallest absolute Gasteiger partial charge is 0.217 e. The molecule has 34 heavy (non-hydrogen) atoms. The van der Waals surface area contributed by atoms with E-state index < -0.39 is 80.5 Å². The fourth-order valence-electron chi connectivity index (χ4n) is 4.18. The molecule has 0 bridgehead atoms. The van der Waals surface area contributed by atoms with Crippen molar-refractivity contribution in [1.29, 1.82) is 0 Å². The first kappa shape index (κ1) is 29.3. The number of carbonyl (C=O) groups excluding carboxylic acids is 1. The Labute approximate surface area is 199 Å². The molecule has 0 aliphatic carbocycles. The van der Waals surface area contributed by atoms with E-state index in [1.807, 2.05) is 0 Å². The number of nitrogens with one attached hydrogen (secondary N) is 1. The highest BCUT2D eigenvalue weighted by atomic mass is 16.7. The van der Waals surface area contributed by atoms with Gasteiger partial charge in [0.05, 0.1) is 13.2 Å². The van der Waals surface area contributed by atoms with Gasteiger partial charge in [-0.05, 0) is 6.42 Å². The fraction of sp³-hybridized carbons (Fsp3) is 0.955. The monoisotopic (exact) mass is 495 g/mol. The third-order valence-electron chi connectivity index (χ3n) is 6.14. The molecule has 10 atom stereocenters. The molecule has 200 valence electrons. The average Bonchev–Trinajstić information content (AvgIpc) is 2.81. The van der Waals surface area contributed by atoms with Gasteiger partial charge in [-0.25, -0.2) is 0 Å². The maximum absolute atomic E-state index is 11.9. The highest BCUT2D eigenvalue weighted by molar-refractivity contribution is 5.73. The van der Waals surface area contributed by atoms with Crippen molar-refractivity contribution in [2.45, 2.75) is 114 Å². The van der Waals surface area contributed by atoms with Crippen LogP contribution in [0.1, 0.15) is 52.4 Å². The van der Waals surface area contributed by atoms with Gasteiger partial charge in [-0.15, -0.1) is 0 Å². The van der Waals surface area contributed by atoms with Crippen molar-refractivity contribution in [3.8, 4) is 0 Å². The molecule has 0 aromatic heterocycles. The van der Waals surface area contributed by atoms with Crippen molar-refractivity contribution in [1.82, 2.24) is 5.32 Å². The van der Waals surface area contributed by atoms with Crippen LogP contribution in [0.5, 0.6) is 0 Å². The third kappa shape index (κ3) is 7.79. The Morgan fingerprint density at radius 3 is 2.03 bits per heavy atom. The van der Waals surface area contributed by atoms with Crippen LogP contribution in [0.2, 0.25) is 0 Å². The van der Waals surface area contributed by atoms with E-state index >= 15 is 0 Å². The lowest BCUT2D eigenvalue weighted by Crippen LogP contribution is -2.68. The van der Waals surface area contributed by atoms with Crippen LogP contribution in [0.15, 0.2) is 0 Å². The molecule has 2 aliphatic rings. The number of carbonyl (C=O) groups is 1. The van der Waals surface area contributed by atoms with Gasteiger partial charge in [-0.2, -0.15) is 0 Å². The van der Waals surface area contributed by atoms with Crippen molar-refractivity contribution in [3.05, 3.63) is 0 Å². The van der Waals surface area contributed by atoms with Gasteiger partial charge < -0.3 is 54.9 Å². The number of amides is 1. The summed E-state index contributed by atoms with van der Waals surface area (Å²) < 4.78 is 22.7. The number of aliphatic hydroxyl groups excluding tert-OH is 6. The molecule has 12 heteroatoms. The molecular weight excluding hydrogens is 454 g/mol. The van der Waals surface area contributed by atoms with Crippen LogP contribution in [-0.4, -0.2) is 118 Å². The zero-order chi connectivity index (χ0) is 25.3. The van der Waals surface area contributed by atoms with Gasteiger partial charge in [0.15, 0.2) is 12.6 Å². The molecular formula is C22H41NO11. The summed E-state index contributed by atoms with van der Waals surface area (Å²) in [5.41, 5.74) is 0. The van der Waals surface area contributed by atoms with E-state index in [-0.39, 0.29) is 0 Å². The van der Waals surface area contributed by atoms with Crippen molar-refractivity contribution in [2.75, 3.05) is 19.8 Å². The Hall–Kier alpha value is -0.930. The third-order valence-corrected chi connectivity index (χ3v) is 6.14. The maximum atomic E-state index is 11.9. The Bertz CT molecular complexity index is 595. The summed E-state index contributed by atoms with van der Waals surface area (Å²) in [7, 11) is 0. The molecule has 7 N–H and O–H groups in total. The van der Waals surface area contributed by atoms with E-state index in [1.54, 1.807) is 0 Å². The lowest BCUT2D eigenvalue weighted by molar-refractivity contribution is -0.344. The topological polar surface area (TPSA) is 187 Å². The summed E-state index contributed by atoms with van der Waals surface area (Å²) in [6.45, 7) is 2.49. The van der Waals surface area contributed by atoms with Crippen molar-refractivity contribution >= 4 is 5.91 Å². The number of rotatable bonds is 13. The zero-order valence-electron chi connectivity index (χ0n) is 19.9. The molecule has 0 aromatic rings. The minimum absolute atomic E-state index is 0.313. The molecule has 2 saturated heterocycles. The predicted octanol–water partition coefficient (Wildman–Crippen LogP) is -1.87. The summed E-state index contributed by atoms with van der Waals surface area (Å²) >= 11 is 0. The standard InChI is InChI=1S/C22H41NO11/c1-3-4-5-6-7-8-9-31-21-15(23-12(2)26)20(17(28)14(11-25)32-21)34-22-19(30)18(29)16(27)13(10-24)33-22/h13-22,24-25,27-30H,3-11H2,1-2H3,(H,23,26). The lowest BCUT2D eigenvalue weighted by atomic mass is 9.95. The van der Waals surface area contributed by atoms with Crippen LogP contribution in [0.25, 0.3) is 0 Å². The van der Waals surface area contributed by atoms with Gasteiger partial charge in [0.2, 0.25) is 5.91 Å². The largest absolute Gasteiger partial charge is 0.394 e. The predicted molar refractivity (Wildman–Crippen MR) is 117 cm³/mol. The Balaban J connectivity index is 2.12. The molecule has 2 rings (SSSR count). The molecule has 0 aromatic carbocycles.